The average molecular weight is 242 g/mol. The summed E-state index contributed by atoms with van der Waals surface area (Å²) in [5.41, 5.74) is 2.49. The minimum absolute atomic E-state index is 0.191. The monoisotopic (exact) mass is 242 g/mol. The molecule has 1 N–H and O–H groups in total. The number of hydrogen-bond acceptors (Lipinski definition) is 3. The Morgan fingerprint density at radius 3 is 3.06 bits per heavy atom. The van der Waals surface area contributed by atoms with Crippen molar-refractivity contribution in [3.8, 4) is 6.07 Å². The van der Waals surface area contributed by atoms with Gasteiger partial charge in [-0.2, -0.15) is 5.26 Å². The van der Waals surface area contributed by atoms with Crippen LogP contribution in [0.1, 0.15) is 24.5 Å². The summed E-state index contributed by atoms with van der Waals surface area (Å²) in [4.78, 5) is 14.4. The fourth-order valence-corrected chi connectivity index (χ4v) is 1.98. The van der Waals surface area contributed by atoms with Crippen LogP contribution in [-0.2, 0) is 16.0 Å². The molecule has 0 atom stereocenters. The standard InChI is InChI=1S/C14H14N2O2/c1-2-18-13(17)7-6-11-9-16-14-10(8-15)4-3-5-12(11)14/h3-5,9,16H,2,6-7H2,1H3. The third-order valence-corrected chi connectivity index (χ3v) is 2.83. The molecule has 0 spiro atoms. The Labute approximate surface area is 105 Å². The van der Waals surface area contributed by atoms with E-state index in [-0.39, 0.29) is 5.97 Å². The first-order valence-corrected chi connectivity index (χ1v) is 5.91. The second-order valence-electron chi connectivity index (χ2n) is 3.96. The molecule has 2 rings (SSSR count). The van der Waals surface area contributed by atoms with E-state index in [1.54, 1.807) is 13.0 Å². The number of aromatic nitrogens is 1. The Bertz CT molecular complexity index is 608. The number of ether oxygens (including phenoxy) is 1. The topological polar surface area (TPSA) is 65.9 Å². The largest absolute Gasteiger partial charge is 0.466 e. The normalized spacial score (nSPS) is 10.2. The van der Waals surface area contributed by atoms with Crippen LogP contribution < -0.4 is 0 Å². The van der Waals surface area contributed by atoms with E-state index in [9.17, 15) is 4.79 Å². The zero-order valence-corrected chi connectivity index (χ0v) is 10.2. The van der Waals surface area contributed by atoms with Crippen LogP contribution in [0.2, 0.25) is 0 Å². The summed E-state index contributed by atoms with van der Waals surface area (Å²) in [7, 11) is 0. The molecular formula is C14H14N2O2. The van der Waals surface area contributed by atoms with Gasteiger partial charge in [-0.15, -0.1) is 0 Å². The quantitative estimate of drug-likeness (QED) is 0.838. The zero-order chi connectivity index (χ0) is 13.0. The second-order valence-corrected chi connectivity index (χ2v) is 3.96. The number of fused-ring (bicyclic) bond motifs is 1. The van der Waals surface area contributed by atoms with Crippen LogP contribution in [-0.4, -0.2) is 17.6 Å². The van der Waals surface area contributed by atoms with E-state index in [2.05, 4.69) is 11.1 Å². The molecule has 0 aliphatic heterocycles. The molecule has 4 nitrogen and oxygen atoms in total. The molecule has 0 radical (unpaired) electrons. The van der Waals surface area contributed by atoms with Crippen LogP contribution in [0, 0.1) is 11.3 Å². The summed E-state index contributed by atoms with van der Waals surface area (Å²) >= 11 is 0. The highest BCUT2D eigenvalue weighted by Crippen LogP contribution is 2.22. The molecular weight excluding hydrogens is 228 g/mol. The van der Waals surface area contributed by atoms with E-state index in [0.29, 0.717) is 25.0 Å². The number of aromatic amines is 1. The van der Waals surface area contributed by atoms with Gasteiger partial charge in [0.1, 0.15) is 6.07 Å². The van der Waals surface area contributed by atoms with Crippen molar-refractivity contribution in [1.82, 2.24) is 4.98 Å². The molecule has 1 aromatic heterocycles. The summed E-state index contributed by atoms with van der Waals surface area (Å²) in [5.74, 6) is -0.191. The van der Waals surface area contributed by atoms with Crippen LogP contribution in [0.3, 0.4) is 0 Å². The average Bonchev–Trinajstić information content (AvgIpc) is 2.79. The van der Waals surface area contributed by atoms with Crippen molar-refractivity contribution < 1.29 is 9.53 Å². The van der Waals surface area contributed by atoms with Crippen molar-refractivity contribution in [3.63, 3.8) is 0 Å². The van der Waals surface area contributed by atoms with Gasteiger partial charge in [-0.25, -0.2) is 0 Å². The SMILES string of the molecule is CCOC(=O)CCc1c[nH]c2c(C#N)cccc12. The Hall–Kier alpha value is -2.28. The van der Waals surface area contributed by atoms with Crippen LogP contribution in [0.5, 0.6) is 0 Å². The first kappa shape index (κ1) is 12.2. The van der Waals surface area contributed by atoms with Gasteiger partial charge >= 0.3 is 5.97 Å². The maximum absolute atomic E-state index is 11.3. The third kappa shape index (κ3) is 2.35. The molecule has 0 unspecified atom stereocenters. The molecule has 2 aromatic rings. The first-order valence-electron chi connectivity index (χ1n) is 5.91. The molecule has 0 saturated heterocycles. The molecule has 92 valence electrons. The Kier molecular flexibility index (Phi) is 3.63. The number of nitrogens with zero attached hydrogens (tertiary/aromatic N) is 1. The summed E-state index contributed by atoms with van der Waals surface area (Å²) in [6.07, 6.45) is 2.83. The number of nitriles is 1. The number of H-pyrrole nitrogens is 1. The highest BCUT2D eigenvalue weighted by atomic mass is 16.5. The van der Waals surface area contributed by atoms with E-state index in [0.717, 1.165) is 16.5 Å². The Morgan fingerprint density at radius 2 is 2.33 bits per heavy atom. The van der Waals surface area contributed by atoms with Crippen LogP contribution >= 0.6 is 0 Å². The van der Waals surface area contributed by atoms with E-state index < -0.39 is 0 Å². The van der Waals surface area contributed by atoms with Crippen molar-refractivity contribution in [1.29, 1.82) is 5.26 Å². The van der Waals surface area contributed by atoms with Gasteiger partial charge in [0, 0.05) is 18.0 Å². The lowest BCUT2D eigenvalue weighted by atomic mass is 10.1. The van der Waals surface area contributed by atoms with Crippen molar-refractivity contribution in [3.05, 3.63) is 35.5 Å². The molecule has 1 heterocycles. The molecule has 0 saturated carbocycles. The summed E-state index contributed by atoms with van der Waals surface area (Å²) < 4.78 is 4.90. The number of carbonyl (C=O) groups excluding carboxylic acids is 1. The van der Waals surface area contributed by atoms with E-state index in [1.165, 1.54) is 0 Å². The highest BCUT2D eigenvalue weighted by Gasteiger charge is 2.09. The summed E-state index contributed by atoms with van der Waals surface area (Å²) in [5, 5.41) is 9.99. The molecule has 0 aliphatic rings. The van der Waals surface area contributed by atoms with Crippen molar-refractivity contribution >= 4 is 16.9 Å². The highest BCUT2D eigenvalue weighted by molar-refractivity contribution is 5.88. The number of esters is 1. The fourth-order valence-electron chi connectivity index (χ4n) is 1.98. The van der Waals surface area contributed by atoms with Gasteiger partial charge in [0.15, 0.2) is 0 Å². The van der Waals surface area contributed by atoms with Gasteiger partial charge in [0.2, 0.25) is 0 Å². The van der Waals surface area contributed by atoms with Gasteiger partial charge < -0.3 is 9.72 Å². The lowest BCUT2D eigenvalue weighted by molar-refractivity contribution is -0.143. The van der Waals surface area contributed by atoms with E-state index >= 15 is 0 Å². The van der Waals surface area contributed by atoms with Gasteiger partial charge in [-0.1, -0.05) is 12.1 Å². The van der Waals surface area contributed by atoms with Gasteiger partial charge in [0.25, 0.3) is 0 Å². The lowest BCUT2D eigenvalue weighted by Crippen LogP contribution is -2.04. The fraction of sp³-hybridized carbons (Fsp3) is 0.286. The van der Waals surface area contributed by atoms with Crippen molar-refractivity contribution in [2.45, 2.75) is 19.8 Å². The minimum Gasteiger partial charge on any atom is -0.466 e. The molecule has 1 aromatic carbocycles. The molecule has 0 bridgehead atoms. The van der Waals surface area contributed by atoms with E-state index in [4.69, 9.17) is 10.00 Å². The number of carbonyl (C=O) groups is 1. The van der Waals surface area contributed by atoms with Gasteiger partial charge in [0.05, 0.1) is 17.7 Å². The summed E-state index contributed by atoms with van der Waals surface area (Å²) in [6.45, 7) is 2.20. The molecule has 4 heteroatoms. The Morgan fingerprint density at radius 1 is 1.50 bits per heavy atom. The maximum Gasteiger partial charge on any atom is 0.306 e. The summed E-state index contributed by atoms with van der Waals surface area (Å²) in [6, 6.07) is 7.72. The van der Waals surface area contributed by atoms with Crippen molar-refractivity contribution in [2.24, 2.45) is 0 Å². The minimum atomic E-state index is -0.191. The van der Waals surface area contributed by atoms with Crippen LogP contribution in [0.4, 0.5) is 0 Å². The van der Waals surface area contributed by atoms with Crippen LogP contribution in [0.15, 0.2) is 24.4 Å². The number of para-hydroxylation sites is 1. The van der Waals surface area contributed by atoms with Crippen molar-refractivity contribution in [2.75, 3.05) is 6.61 Å². The zero-order valence-electron chi connectivity index (χ0n) is 10.2. The molecule has 0 amide bonds. The molecule has 18 heavy (non-hydrogen) atoms. The predicted octanol–water partition coefficient (Wildman–Crippen LogP) is 2.54. The number of hydrogen-bond donors (Lipinski definition) is 1. The lowest BCUT2D eigenvalue weighted by Gasteiger charge is -2.01. The third-order valence-electron chi connectivity index (χ3n) is 2.83. The smallest absolute Gasteiger partial charge is 0.306 e. The van der Waals surface area contributed by atoms with Crippen LogP contribution in [0.25, 0.3) is 10.9 Å². The molecule has 0 aliphatic carbocycles. The number of aryl methyl sites for hydroxylation is 1. The number of benzene rings is 1. The first-order chi connectivity index (χ1) is 8.76. The van der Waals surface area contributed by atoms with Gasteiger partial charge in [-0.05, 0) is 25.0 Å². The molecule has 0 fully saturated rings. The Balaban J connectivity index is 2.20. The van der Waals surface area contributed by atoms with Gasteiger partial charge in [-0.3, -0.25) is 4.79 Å². The van der Waals surface area contributed by atoms with E-state index in [1.807, 2.05) is 18.3 Å². The predicted molar refractivity (Wildman–Crippen MR) is 68.0 cm³/mol. The number of rotatable bonds is 4. The second kappa shape index (κ2) is 5.37. The maximum atomic E-state index is 11.3. The number of nitrogens with one attached hydrogen (secondary N) is 1.